The van der Waals surface area contributed by atoms with Crippen LogP contribution >= 0.6 is 22.7 Å². The quantitative estimate of drug-likeness (QED) is 0.747. The van der Waals surface area contributed by atoms with Crippen LogP contribution in [0.15, 0.2) is 40.7 Å². The van der Waals surface area contributed by atoms with Crippen LogP contribution in [0.3, 0.4) is 0 Å². The lowest BCUT2D eigenvalue weighted by molar-refractivity contribution is -0.115. The molecule has 76 valence electrons. The van der Waals surface area contributed by atoms with Gasteiger partial charge in [0, 0.05) is 17.2 Å². The first kappa shape index (κ1) is 10.3. The molecule has 0 aliphatic heterocycles. The fourth-order valence-corrected chi connectivity index (χ4v) is 3.24. The van der Waals surface area contributed by atoms with Crippen LogP contribution in [-0.4, -0.2) is 5.91 Å². The van der Waals surface area contributed by atoms with Gasteiger partial charge in [0.05, 0.1) is 0 Å². The monoisotopic (exact) mass is 235 g/mol. The van der Waals surface area contributed by atoms with Crippen molar-refractivity contribution in [3.63, 3.8) is 0 Å². The smallest absolute Gasteiger partial charge is 0.244 e. The predicted octanol–water partition coefficient (Wildman–Crippen LogP) is 2.92. The molecule has 1 heterocycles. The summed E-state index contributed by atoms with van der Waals surface area (Å²) in [6, 6.07) is 10.1. The molecular formula is C11H9NOS2. The van der Waals surface area contributed by atoms with Crippen LogP contribution < -0.4 is 3.98 Å². The second-order valence-corrected chi connectivity index (χ2v) is 5.11. The minimum atomic E-state index is -0.146. The number of carbonyl (C=O) groups is 1. The van der Waals surface area contributed by atoms with Crippen molar-refractivity contribution in [3.8, 4) is 10.4 Å². The van der Waals surface area contributed by atoms with Crippen LogP contribution in [0.25, 0.3) is 10.4 Å². The van der Waals surface area contributed by atoms with Gasteiger partial charge < -0.3 is 0 Å². The molecule has 1 amide bonds. The van der Waals surface area contributed by atoms with Gasteiger partial charge in [0.1, 0.15) is 0 Å². The minimum Gasteiger partial charge on any atom is -0.273 e. The molecule has 0 saturated carbocycles. The van der Waals surface area contributed by atoms with E-state index in [4.69, 9.17) is 0 Å². The summed E-state index contributed by atoms with van der Waals surface area (Å²) in [6.45, 7) is 1.47. The third-order valence-corrected chi connectivity index (χ3v) is 3.94. The Labute approximate surface area is 95.6 Å². The van der Waals surface area contributed by atoms with E-state index in [1.165, 1.54) is 23.8 Å². The summed E-state index contributed by atoms with van der Waals surface area (Å²) in [6.07, 6.45) is 0. The normalized spacial score (nSPS) is 11.7. The van der Waals surface area contributed by atoms with Crippen molar-refractivity contribution >= 4 is 28.6 Å². The Hall–Kier alpha value is -1.26. The molecule has 4 heteroatoms. The summed E-state index contributed by atoms with van der Waals surface area (Å²) < 4.78 is 0.807. The minimum absolute atomic E-state index is 0.146. The highest BCUT2D eigenvalue weighted by atomic mass is 32.2. The van der Waals surface area contributed by atoms with Gasteiger partial charge in [-0.25, -0.2) is 0 Å². The Bertz CT molecular complexity index is 525. The van der Waals surface area contributed by atoms with E-state index in [1.807, 2.05) is 23.6 Å². The Kier molecular flexibility index (Phi) is 3.08. The van der Waals surface area contributed by atoms with Crippen LogP contribution in [0.4, 0.5) is 0 Å². The molecule has 0 spiro atoms. The molecule has 0 N–H and O–H groups in total. The van der Waals surface area contributed by atoms with Gasteiger partial charge in [-0.15, -0.1) is 22.7 Å². The zero-order chi connectivity index (χ0) is 10.7. The fraction of sp³-hybridized carbons (Fsp3) is 0.0909. The number of amides is 1. The van der Waals surface area contributed by atoms with Crippen molar-refractivity contribution < 1.29 is 4.79 Å². The zero-order valence-corrected chi connectivity index (χ0v) is 9.77. The maximum absolute atomic E-state index is 10.8. The van der Waals surface area contributed by atoms with E-state index in [-0.39, 0.29) is 5.91 Å². The number of rotatable bonds is 1. The first-order valence-corrected chi connectivity index (χ1v) is 6.14. The largest absolute Gasteiger partial charge is 0.273 e. The van der Waals surface area contributed by atoms with Gasteiger partial charge >= 0.3 is 0 Å². The summed E-state index contributed by atoms with van der Waals surface area (Å²) in [5.74, 6) is -0.146. The van der Waals surface area contributed by atoms with Gasteiger partial charge in [-0.2, -0.15) is 4.99 Å². The lowest BCUT2D eigenvalue weighted by Crippen LogP contribution is -1.92. The lowest BCUT2D eigenvalue weighted by Gasteiger charge is -1.92. The first-order chi connectivity index (χ1) is 7.25. The maximum atomic E-state index is 10.8. The van der Waals surface area contributed by atoms with Crippen molar-refractivity contribution in [3.05, 3.63) is 39.7 Å². The van der Waals surface area contributed by atoms with Crippen molar-refractivity contribution in [2.24, 2.45) is 4.99 Å². The highest BCUT2D eigenvalue weighted by molar-refractivity contribution is 7.28. The Morgan fingerprint density at radius 1 is 1.27 bits per heavy atom. The molecule has 0 saturated heterocycles. The highest BCUT2D eigenvalue weighted by Crippen LogP contribution is 2.23. The SMILES string of the molecule is CC(=O)N=c1scc(-c2ccccc2)s1. The molecular weight excluding hydrogens is 226 g/mol. The van der Waals surface area contributed by atoms with Crippen LogP contribution in [-0.2, 0) is 4.79 Å². The second kappa shape index (κ2) is 4.51. The van der Waals surface area contributed by atoms with E-state index in [0.717, 1.165) is 8.86 Å². The van der Waals surface area contributed by atoms with E-state index < -0.39 is 0 Å². The van der Waals surface area contributed by atoms with Crippen LogP contribution in [0.1, 0.15) is 6.92 Å². The standard InChI is InChI=1S/C11H9NOS2/c1-8(13)12-11-14-7-10(15-11)9-5-3-2-4-6-9/h2-7H,1H3. The molecule has 0 aliphatic carbocycles. The topological polar surface area (TPSA) is 29.4 Å². The molecule has 2 rings (SSSR count). The van der Waals surface area contributed by atoms with Gasteiger partial charge in [-0.3, -0.25) is 4.79 Å². The van der Waals surface area contributed by atoms with E-state index in [1.54, 1.807) is 11.3 Å². The van der Waals surface area contributed by atoms with Crippen molar-refractivity contribution in [2.75, 3.05) is 0 Å². The molecule has 0 radical (unpaired) electrons. The molecule has 2 aromatic rings. The molecule has 0 bridgehead atoms. The van der Waals surface area contributed by atoms with Gasteiger partial charge in [0.2, 0.25) is 5.91 Å². The predicted molar refractivity (Wildman–Crippen MR) is 63.9 cm³/mol. The van der Waals surface area contributed by atoms with E-state index in [2.05, 4.69) is 17.1 Å². The third kappa shape index (κ3) is 2.61. The van der Waals surface area contributed by atoms with E-state index in [9.17, 15) is 4.79 Å². The van der Waals surface area contributed by atoms with Crippen LogP contribution in [0.5, 0.6) is 0 Å². The number of benzene rings is 1. The zero-order valence-electron chi connectivity index (χ0n) is 8.14. The summed E-state index contributed by atoms with van der Waals surface area (Å²) in [4.78, 5) is 15.9. The molecule has 0 aliphatic rings. The molecule has 1 aromatic carbocycles. The van der Waals surface area contributed by atoms with Crippen molar-refractivity contribution in [1.29, 1.82) is 0 Å². The van der Waals surface area contributed by atoms with Gasteiger partial charge in [0.25, 0.3) is 0 Å². The summed E-state index contributed by atoms with van der Waals surface area (Å²) >= 11 is 3.05. The van der Waals surface area contributed by atoms with Crippen molar-refractivity contribution in [1.82, 2.24) is 0 Å². The first-order valence-electron chi connectivity index (χ1n) is 4.45. The van der Waals surface area contributed by atoms with Crippen molar-refractivity contribution in [2.45, 2.75) is 6.92 Å². The fourth-order valence-electron chi connectivity index (χ4n) is 1.15. The third-order valence-electron chi connectivity index (χ3n) is 1.77. The number of hydrogen-bond acceptors (Lipinski definition) is 3. The Morgan fingerprint density at radius 3 is 2.67 bits per heavy atom. The average molecular weight is 235 g/mol. The molecule has 0 unspecified atom stereocenters. The molecule has 2 nitrogen and oxygen atoms in total. The number of nitrogens with zero attached hydrogens (tertiary/aromatic N) is 1. The second-order valence-electron chi connectivity index (χ2n) is 2.96. The van der Waals surface area contributed by atoms with Crippen LogP contribution in [0.2, 0.25) is 0 Å². The summed E-state index contributed by atoms with van der Waals surface area (Å²) in [5.41, 5.74) is 1.17. The van der Waals surface area contributed by atoms with E-state index in [0.29, 0.717) is 0 Å². The van der Waals surface area contributed by atoms with Gasteiger partial charge in [-0.05, 0) is 5.56 Å². The van der Waals surface area contributed by atoms with Crippen LogP contribution in [0, 0.1) is 0 Å². The lowest BCUT2D eigenvalue weighted by atomic mass is 10.2. The van der Waals surface area contributed by atoms with Gasteiger partial charge in [0.15, 0.2) is 3.98 Å². The molecule has 15 heavy (non-hydrogen) atoms. The summed E-state index contributed by atoms with van der Waals surface area (Å²) in [5, 5.41) is 2.03. The molecule has 0 fully saturated rings. The Morgan fingerprint density at radius 2 is 2.00 bits per heavy atom. The molecule has 1 aromatic heterocycles. The molecule has 0 atom stereocenters. The average Bonchev–Trinajstić information content (AvgIpc) is 2.67. The summed E-state index contributed by atoms with van der Waals surface area (Å²) in [7, 11) is 0. The Balaban J connectivity index is 2.41. The van der Waals surface area contributed by atoms with E-state index >= 15 is 0 Å². The number of carbonyl (C=O) groups excluding carboxylic acids is 1. The van der Waals surface area contributed by atoms with Gasteiger partial charge in [-0.1, -0.05) is 30.3 Å². The highest BCUT2D eigenvalue weighted by Gasteiger charge is 1.99. The number of hydrogen-bond donors (Lipinski definition) is 0. The maximum Gasteiger partial charge on any atom is 0.244 e.